The second-order valence-corrected chi connectivity index (χ2v) is 5.97. The highest BCUT2D eigenvalue weighted by Gasteiger charge is 2.22. The van der Waals surface area contributed by atoms with Crippen LogP contribution in [0, 0.1) is 11.7 Å². The molecule has 1 aromatic rings. The minimum Gasteiger partial charge on any atom is -0.371 e. The van der Waals surface area contributed by atoms with E-state index in [2.05, 4.69) is 23.9 Å². The Morgan fingerprint density at radius 1 is 1.30 bits per heavy atom. The summed E-state index contributed by atoms with van der Waals surface area (Å²) in [4.78, 5) is 4.57. The summed E-state index contributed by atoms with van der Waals surface area (Å²) in [7, 11) is 4.25. The van der Waals surface area contributed by atoms with Gasteiger partial charge in [0.25, 0.3) is 0 Å². The van der Waals surface area contributed by atoms with Gasteiger partial charge in [0.1, 0.15) is 5.82 Å². The van der Waals surface area contributed by atoms with Gasteiger partial charge >= 0.3 is 0 Å². The Morgan fingerprint density at radius 2 is 2.00 bits per heavy atom. The molecule has 2 rings (SSSR count). The van der Waals surface area contributed by atoms with Crippen LogP contribution in [0.1, 0.15) is 18.4 Å². The molecular formula is C16H26FN3. The molecule has 3 nitrogen and oxygen atoms in total. The molecule has 0 aromatic heterocycles. The first kappa shape index (κ1) is 15.3. The van der Waals surface area contributed by atoms with E-state index in [1.165, 1.54) is 18.9 Å². The minimum atomic E-state index is -0.122. The zero-order valence-corrected chi connectivity index (χ0v) is 12.6. The van der Waals surface area contributed by atoms with Crippen molar-refractivity contribution < 1.29 is 4.39 Å². The van der Waals surface area contributed by atoms with Crippen LogP contribution in [-0.2, 0) is 6.42 Å². The van der Waals surface area contributed by atoms with Crippen LogP contribution >= 0.6 is 0 Å². The van der Waals surface area contributed by atoms with Gasteiger partial charge in [0.05, 0.1) is 0 Å². The zero-order valence-electron chi connectivity index (χ0n) is 12.6. The number of anilines is 1. The summed E-state index contributed by atoms with van der Waals surface area (Å²) >= 11 is 0. The van der Waals surface area contributed by atoms with Crippen molar-refractivity contribution in [3.63, 3.8) is 0 Å². The monoisotopic (exact) mass is 279 g/mol. The first-order chi connectivity index (χ1) is 9.61. The van der Waals surface area contributed by atoms with E-state index >= 15 is 0 Å². The molecule has 0 atom stereocenters. The fraction of sp³-hybridized carbons (Fsp3) is 0.625. The van der Waals surface area contributed by atoms with Crippen molar-refractivity contribution in [3.05, 3.63) is 29.6 Å². The first-order valence-corrected chi connectivity index (χ1v) is 7.49. The van der Waals surface area contributed by atoms with Crippen molar-refractivity contribution in [1.82, 2.24) is 4.90 Å². The highest BCUT2D eigenvalue weighted by atomic mass is 19.1. The van der Waals surface area contributed by atoms with Gasteiger partial charge in [-0.25, -0.2) is 4.39 Å². The number of hydrogen-bond donors (Lipinski definition) is 1. The summed E-state index contributed by atoms with van der Waals surface area (Å²) in [6, 6.07) is 5.37. The summed E-state index contributed by atoms with van der Waals surface area (Å²) in [5, 5.41) is 0. The first-order valence-electron chi connectivity index (χ1n) is 7.49. The predicted molar refractivity (Wildman–Crippen MR) is 82.6 cm³/mol. The molecule has 1 aliphatic rings. The van der Waals surface area contributed by atoms with Gasteiger partial charge in [0, 0.05) is 30.9 Å². The summed E-state index contributed by atoms with van der Waals surface area (Å²) in [5.41, 5.74) is 7.43. The van der Waals surface area contributed by atoms with Gasteiger partial charge in [-0.3, -0.25) is 0 Å². The maximum Gasteiger partial charge on any atom is 0.128 e. The number of benzene rings is 1. The maximum absolute atomic E-state index is 14.0. The molecule has 0 unspecified atom stereocenters. The van der Waals surface area contributed by atoms with E-state index in [-0.39, 0.29) is 5.82 Å². The molecule has 1 heterocycles. The van der Waals surface area contributed by atoms with Crippen LogP contribution in [0.25, 0.3) is 0 Å². The van der Waals surface area contributed by atoms with Crippen LogP contribution in [0.2, 0.25) is 0 Å². The van der Waals surface area contributed by atoms with E-state index in [0.717, 1.165) is 36.8 Å². The molecule has 1 fully saturated rings. The van der Waals surface area contributed by atoms with Gasteiger partial charge in [-0.15, -0.1) is 0 Å². The van der Waals surface area contributed by atoms with E-state index in [0.29, 0.717) is 13.0 Å². The number of nitrogens with zero attached hydrogens (tertiary/aromatic N) is 2. The topological polar surface area (TPSA) is 32.5 Å². The molecule has 20 heavy (non-hydrogen) atoms. The van der Waals surface area contributed by atoms with Crippen LogP contribution in [0.4, 0.5) is 10.1 Å². The van der Waals surface area contributed by atoms with Crippen molar-refractivity contribution >= 4 is 5.69 Å². The van der Waals surface area contributed by atoms with Gasteiger partial charge in [0.15, 0.2) is 0 Å². The molecule has 1 aliphatic heterocycles. The molecule has 112 valence electrons. The normalized spacial score (nSPS) is 16.9. The maximum atomic E-state index is 14.0. The molecule has 4 heteroatoms. The van der Waals surface area contributed by atoms with Gasteiger partial charge in [0.2, 0.25) is 0 Å². The summed E-state index contributed by atoms with van der Waals surface area (Å²) < 4.78 is 14.0. The van der Waals surface area contributed by atoms with E-state index in [1.807, 2.05) is 6.07 Å². The Kier molecular flexibility index (Phi) is 5.38. The predicted octanol–water partition coefficient (Wildman–Crippen LogP) is 2.10. The standard InChI is InChI=1S/C16H26FN3/c1-19(2)12-13-7-10-20(11-8-13)16-5-3-4-15(17)14(16)6-9-18/h3-5,13H,6-12,18H2,1-2H3. The van der Waals surface area contributed by atoms with Crippen LogP contribution in [0.3, 0.4) is 0 Å². The average molecular weight is 279 g/mol. The lowest BCUT2D eigenvalue weighted by Gasteiger charge is -2.35. The van der Waals surface area contributed by atoms with Crippen LogP contribution in [0.15, 0.2) is 18.2 Å². The van der Waals surface area contributed by atoms with Crippen LogP contribution < -0.4 is 10.6 Å². The number of hydrogen-bond acceptors (Lipinski definition) is 3. The molecule has 1 saturated heterocycles. The molecule has 0 amide bonds. The molecule has 0 radical (unpaired) electrons. The van der Waals surface area contributed by atoms with E-state index in [4.69, 9.17) is 5.73 Å². The fourth-order valence-corrected chi connectivity index (χ4v) is 3.11. The van der Waals surface area contributed by atoms with Crippen molar-refractivity contribution in [2.24, 2.45) is 11.7 Å². The Morgan fingerprint density at radius 3 is 2.60 bits per heavy atom. The molecule has 0 bridgehead atoms. The van der Waals surface area contributed by atoms with Crippen molar-refractivity contribution in [3.8, 4) is 0 Å². The van der Waals surface area contributed by atoms with Crippen molar-refractivity contribution in [2.75, 3.05) is 45.2 Å². The van der Waals surface area contributed by atoms with Crippen LogP contribution in [0.5, 0.6) is 0 Å². The smallest absolute Gasteiger partial charge is 0.128 e. The summed E-state index contributed by atoms with van der Waals surface area (Å²) in [6.07, 6.45) is 2.97. The quantitative estimate of drug-likeness (QED) is 0.896. The Balaban J connectivity index is 2.05. The lowest BCUT2D eigenvalue weighted by atomic mass is 9.95. The van der Waals surface area contributed by atoms with Gasteiger partial charge < -0.3 is 15.5 Å². The molecule has 2 N–H and O–H groups in total. The number of piperidine rings is 1. The highest BCUT2D eigenvalue weighted by molar-refractivity contribution is 5.54. The van der Waals surface area contributed by atoms with Crippen molar-refractivity contribution in [1.29, 1.82) is 0 Å². The SMILES string of the molecule is CN(C)CC1CCN(c2cccc(F)c2CCN)CC1. The van der Waals surface area contributed by atoms with E-state index in [1.54, 1.807) is 6.07 Å². The van der Waals surface area contributed by atoms with E-state index in [9.17, 15) is 4.39 Å². The molecule has 0 saturated carbocycles. The van der Waals surface area contributed by atoms with E-state index < -0.39 is 0 Å². The van der Waals surface area contributed by atoms with Gasteiger partial charge in [-0.05, 0) is 58.0 Å². The third-order valence-electron chi connectivity index (χ3n) is 4.07. The number of nitrogens with two attached hydrogens (primary N) is 1. The fourth-order valence-electron chi connectivity index (χ4n) is 3.11. The second-order valence-electron chi connectivity index (χ2n) is 5.97. The largest absolute Gasteiger partial charge is 0.371 e. The van der Waals surface area contributed by atoms with Crippen molar-refractivity contribution in [2.45, 2.75) is 19.3 Å². The lowest BCUT2D eigenvalue weighted by molar-refractivity contribution is 0.285. The Hall–Kier alpha value is -1.13. The zero-order chi connectivity index (χ0) is 14.5. The Labute approximate surface area is 121 Å². The van der Waals surface area contributed by atoms with Gasteiger partial charge in [-0.2, -0.15) is 0 Å². The van der Waals surface area contributed by atoms with Gasteiger partial charge in [-0.1, -0.05) is 6.07 Å². The molecule has 0 aliphatic carbocycles. The van der Waals surface area contributed by atoms with Crippen LogP contribution in [-0.4, -0.2) is 45.2 Å². The second kappa shape index (κ2) is 7.04. The summed E-state index contributed by atoms with van der Waals surface area (Å²) in [5.74, 6) is 0.635. The minimum absolute atomic E-state index is 0.122. The third-order valence-corrected chi connectivity index (χ3v) is 4.07. The number of rotatable bonds is 5. The number of halogens is 1. The Bertz CT molecular complexity index is 426. The molecular weight excluding hydrogens is 253 g/mol. The molecule has 0 spiro atoms. The third kappa shape index (κ3) is 3.70. The molecule has 1 aromatic carbocycles. The summed E-state index contributed by atoms with van der Waals surface area (Å²) in [6.45, 7) is 3.66. The lowest BCUT2D eigenvalue weighted by Crippen LogP contribution is -2.37. The highest BCUT2D eigenvalue weighted by Crippen LogP contribution is 2.28. The average Bonchev–Trinajstić information content (AvgIpc) is 2.42.